The number of rotatable bonds is 9. The van der Waals surface area contributed by atoms with Gasteiger partial charge in [0.05, 0.1) is 25.8 Å². The lowest BCUT2D eigenvalue weighted by atomic mass is 10.0. The van der Waals surface area contributed by atoms with E-state index >= 15 is 0 Å². The number of quaternary nitrogens is 1. The second-order valence-electron chi connectivity index (χ2n) is 10.4. The van der Waals surface area contributed by atoms with Gasteiger partial charge in [0.2, 0.25) is 11.4 Å². The highest BCUT2D eigenvalue weighted by Gasteiger charge is 2.54. The van der Waals surface area contributed by atoms with Crippen LogP contribution in [0.5, 0.6) is 0 Å². The number of H-pyrrole nitrogens is 1. The van der Waals surface area contributed by atoms with Crippen molar-refractivity contribution in [1.82, 2.24) is 41.1 Å². The number of aromatic amines is 1. The van der Waals surface area contributed by atoms with Crippen molar-refractivity contribution < 1.29 is 28.8 Å². The van der Waals surface area contributed by atoms with Crippen molar-refractivity contribution in [2.45, 2.75) is 30.9 Å². The normalized spacial score (nSPS) is 22.9. The molecule has 6 N–H and O–H groups in total. The molecular formula is C22H30N11O5S2+. The summed E-state index contributed by atoms with van der Waals surface area (Å²) in [5.74, 6) is -1.42. The molecule has 3 aliphatic rings. The third-order valence-electron chi connectivity index (χ3n) is 6.98. The number of likely N-dealkylation sites (N-methyl/N-ethyl adjacent to an activating group) is 1. The zero-order valence-corrected chi connectivity index (χ0v) is 23.7. The van der Waals surface area contributed by atoms with Gasteiger partial charge in [-0.3, -0.25) is 14.5 Å². The van der Waals surface area contributed by atoms with Crippen molar-refractivity contribution in [3.63, 3.8) is 0 Å². The average molecular weight is 593 g/mol. The highest BCUT2D eigenvalue weighted by molar-refractivity contribution is 8.00. The number of nitrogens with one attached hydrogen (secondary N) is 3. The molecule has 2 aromatic heterocycles. The first-order valence-electron chi connectivity index (χ1n) is 12.5. The third-order valence-corrected chi connectivity index (χ3v) is 8.99. The van der Waals surface area contributed by atoms with Crippen LogP contribution < -0.4 is 16.4 Å². The molecule has 2 fully saturated rings. The lowest BCUT2D eigenvalue weighted by Crippen LogP contribution is -2.70. The van der Waals surface area contributed by atoms with Crippen molar-refractivity contribution in [2.75, 3.05) is 51.3 Å². The van der Waals surface area contributed by atoms with Gasteiger partial charge in [0.15, 0.2) is 10.8 Å². The monoisotopic (exact) mass is 592 g/mol. The first kappa shape index (κ1) is 27.9. The number of hydrogen-bond acceptors (Lipinski definition) is 13. The van der Waals surface area contributed by atoms with Crippen LogP contribution in [0.4, 0.5) is 5.13 Å². The Bertz CT molecular complexity index is 1370. The summed E-state index contributed by atoms with van der Waals surface area (Å²) in [6, 6.07) is -0.876. The number of β-lactam (4-membered cyclic amide) rings is 1. The molecule has 2 amide bonds. The molecule has 2 atom stereocenters. The highest BCUT2D eigenvalue weighted by Crippen LogP contribution is 2.43. The van der Waals surface area contributed by atoms with Gasteiger partial charge in [0.25, 0.3) is 11.8 Å². The SMILES string of the molecule is CC(C)(O/N=C(\C(=O)N[C@@H]1C(=O)N2C(c3nn[nH]n3)=C(C[N+]3(C)CCNCC3)CS[C@H]12)c1csc(N)n1)C(=O)O. The van der Waals surface area contributed by atoms with E-state index in [1.54, 1.807) is 4.90 Å². The van der Waals surface area contributed by atoms with E-state index in [1.165, 1.54) is 31.0 Å². The number of carbonyl (C=O) groups excluding carboxylic acids is 2. The molecule has 2 saturated heterocycles. The zero-order chi connectivity index (χ0) is 28.7. The highest BCUT2D eigenvalue weighted by atomic mass is 32.2. The molecule has 0 aliphatic carbocycles. The van der Waals surface area contributed by atoms with E-state index in [9.17, 15) is 19.5 Å². The smallest absolute Gasteiger partial charge is 0.350 e. The lowest BCUT2D eigenvalue weighted by Gasteiger charge is -2.50. The fourth-order valence-corrected chi connectivity index (χ4v) is 6.52. The Kier molecular flexibility index (Phi) is 7.51. The molecule has 0 saturated carbocycles. The maximum Gasteiger partial charge on any atom is 0.350 e. The van der Waals surface area contributed by atoms with Crippen LogP contribution in [0.1, 0.15) is 25.4 Å². The predicted octanol–water partition coefficient (Wildman–Crippen LogP) is -1.32. The van der Waals surface area contributed by atoms with Gasteiger partial charge in [0.1, 0.15) is 23.7 Å². The number of thiazole rings is 1. The molecule has 40 heavy (non-hydrogen) atoms. The number of oxime groups is 1. The number of nitrogens with zero attached hydrogens (tertiary/aromatic N) is 7. The second-order valence-corrected chi connectivity index (χ2v) is 12.4. The number of amides is 2. The largest absolute Gasteiger partial charge is 0.478 e. The van der Waals surface area contributed by atoms with Crippen LogP contribution in [0.3, 0.4) is 0 Å². The molecule has 2 aromatic rings. The molecule has 0 unspecified atom stereocenters. The maximum atomic E-state index is 13.5. The van der Waals surface area contributed by atoms with Gasteiger partial charge in [-0.25, -0.2) is 9.78 Å². The maximum absolute atomic E-state index is 13.5. The standard InChI is InChI=1S/C22H29N11O5S2/c1-22(2,20(36)37)38-29-13(12-10-40-21(23)25-12)17(34)26-14-18(35)32-15(16-27-30-31-28-16)11(9-39-19(14)32)8-33(3)6-4-24-5-7-33/h10,14,19,24H,4-9H2,1-3H3,(H4-,23,25,26,27,28,30,31,34,36,37)/p+1/b29-13-/t14-,19-/m1/s1. The Morgan fingerprint density at radius 3 is 2.75 bits per heavy atom. The van der Waals surface area contributed by atoms with E-state index in [0.29, 0.717) is 17.3 Å². The van der Waals surface area contributed by atoms with E-state index in [4.69, 9.17) is 10.6 Å². The van der Waals surface area contributed by atoms with Crippen LogP contribution in [0, 0.1) is 0 Å². The van der Waals surface area contributed by atoms with Crippen molar-refractivity contribution in [3.8, 4) is 0 Å². The number of piperazine rings is 1. The molecule has 0 radical (unpaired) electrons. The molecule has 5 heterocycles. The average Bonchev–Trinajstić information content (AvgIpc) is 3.59. The van der Waals surface area contributed by atoms with E-state index in [2.05, 4.69) is 48.4 Å². The number of aliphatic carboxylic acids is 1. The topological polar surface area (TPSA) is 214 Å². The molecule has 214 valence electrons. The summed E-state index contributed by atoms with van der Waals surface area (Å²) in [6.07, 6.45) is 0. The van der Waals surface area contributed by atoms with Crippen LogP contribution in [-0.4, -0.2) is 126 Å². The van der Waals surface area contributed by atoms with Crippen LogP contribution in [0.25, 0.3) is 5.70 Å². The number of carbonyl (C=O) groups is 3. The number of carboxylic acids is 1. The first-order chi connectivity index (χ1) is 19.0. The van der Waals surface area contributed by atoms with Gasteiger partial charge in [-0.2, -0.15) is 5.21 Å². The summed E-state index contributed by atoms with van der Waals surface area (Å²) in [6.45, 7) is 7.04. The van der Waals surface area contributed by atoms with Crippen LogP contribution >= 0.6 is 23.1 Å². The number of hydrogen-bond donors (Lipinski definition) is 5. The Hall–Kier alpha value is -3.61. The summed E-state index contributed by atoms with van der Waals surface area (Å²) in [5, 5.41) is 35.0. The molecule has 16 nitrogen and oxygen atoms in total. The zero-order valence-electron chi connectivity index (χ0n) is 22.1. The first-order valence-corrected chi connectivity index (χ1v) is 14.4. The quantitative estimate of drug-likeness (QED) is 0.0993. The van der Waals surface area contributed by atoms with Crippen molar-refractivity contribution in [2.24, 2.45) is 5.16 Å². The van der Waals surface area contributed by atoms with Gasteiger partial charge in [-0.05, 0) is 19.1 Å². The number of carboxylic acid groups (broad SMARTS) is 1. The van der Waals surface area contributed by atoms with E-state index in [1.807, 2.05) is 0 Å². The number of anilines is 1. The number of nitrogen functional groups attached to an aromatic ring is 1. The summed E-state index contributed by atoms with van der Waals surface area (Å²) >= 11 is 2.62. The molecule has 3 aliphatic heterocycles. The second kappa shape index (κ2) is 10.8. The van der Waals surface area contributed by atoms with Gasteiger partial charge in [-0.1, -0.05) is 5.16 Å². The van der Waals surface area contributed by atoms with E-state index in [0.717, 1.165) is 54.1 Å². The molecule has 0 aromatic carbocycles. The number of nitrogens with two attached hydrogens (primary N) is 1. The molecule has 18 heteroatoms. The van der Waals surface area contributed by atoms with Crippen LogP contribution in [-0.2, 0) is 19.2 Å². The van der Waals surface area contributed by atoms with Gasteiger partial charge in [-0.15, -0.1) is 33.3 Å². The van der Waals surface area contributed by atoms with Gasteiger partial charge >= 0.3 is 5.97 Å². The van der Waals surface area contributed by atoms with Gasteiger partial charge in [0, 0.05) is 29.8 Å². The lowest BCUT2D eigenvalue weighted by molar-refractivity contribution is -0.906. The minimum Gasteiger partial charge on any atom is -0.478 e. The van der Waals surface area contributed by atoms with Crippen molar-refractivity contribution >= 4 is 57.4 Å². The summed E-state index contributed by atoms with van der Waals surface area (Å²) in [5.41, 5.74) is 5.49. The minimum atomic E-state index is -1.71. The Labute approximate surface area is 237 Å². The van der Waals surface area contributed by atoms with Gasteiger partial charge < -0.3 is 30.8 Å². The van der Waals surface area contributed by atoms with Crippen molar-refractivity contribution in [1.29, 1.82) is 0 Å². The van der Waals surface area contributed by atoms with Crippen LogP contribution in [0.2, 0.25) is 0 Å². The fraction of sp³-hybridized carbons (Fsp3) is 0.545. The summed E-state index contributed by atoms with van der Waals surface area (Å²) in [7, 11) is 2.19. The summed E-state index contributed by atoms with van der Waals surface area (Å²) in [4.78, 5) is 49.2. The van der Waals surface area contributed by atoms with E-state index in [-0.39, 0.29) is 22.4 Å². The third kappa shape index (κ3) is 5.38. The number of tetrazole rings is 1. The Morgan fingerprint density at radius 2 is 2.12 bits per heavy atom. The Balaban J connectivity index is 1.38. The molecule has 0 spiro atoms. The van der Waals surface area contributed by atoms with Crippen molar-refractivity contribution in [3.05, 3.63) is 22.5 Å². The number of thioether (sulfide) groups is 1. The summed E-state index contributed by atoms with van der Waals surface area (Å²) < 4.78 is 0.820. The molecular weight excluding hydrogens is 562 g/mol. The van der Waals surface area contributed by atoms with Crippen LogP contribution in [0.15, 0.2) is 16.1 Å². The molecule has 0 bridgehead atoms. The molecule has 5 rings (SSSR count). The number of fused-ring (bicyclic) bond motifs is 1. The van der Waals surface area contributed by atoms with E-state index < -0.39 is 28.9 Å². The Morgan fingerprint density at radius 1 is 1.38 bits per heavy atom. The minimum absolute atomic E-state index is 0.101. The predicted molar refractivity (Wildman–Crippen MR) is 146 cm³/mol. The number of aromatic nitrogens is 5. The fourth-order valence-electron chi connectivity index (χ4n) is 4.64.